The highest BCUT2D eigenvalue weighted by atomic mass is 16.2. The minimum Gasteiger partial charge on any atom is -0.342 e. The molecule has 110 valence electrons. The second-order valence-electron chi connectivity index (χ2n) is 5.04. The van der Waals surface area contributed by atoms with E-state index in [1.807, 2.05) is 27.0 Å². The standard InChI is InChI=1S/C14H22N4O2/c1-4-7-11-14(20)18(12(5-2)13(19)16-11)10-8-15-17(6-3)9-10/h8-9,11-12H,4-7H2,1-3H3,(H,16,19). The SMILES string of the molecule is CCCC1NC(=O)C(CC)N(c2cnn(CC)c2)C1=O. The first-order valence-electron chi connectivity index (χ1n) is 7.28. The number of aromatic nitrogens is 2. The van der Waals surface area contributed by atoms with Gasteiger partial charge in [-0.3, -0.25) is 19.2 Å². The van der Waals surface area contributed by atoms with Crippen molar-refractivity contribution in [1.82, 2.24) is 15.1 Å². The molecule has 2 amide bonds. The van der Waals surface area contributed by atoms with Gasteiger partial charge in [0.25, 0.3) is 0 Å². The molecule has 6 heteroatoms. The van der Waals surface area contributed by atoms with Crippen molar-refractivity contribution >= 4 is 17.5 Å². The number of amides is 2. The molecule has 0 bridgehead atoms. The van der Waals surface area contributed by atoms with Gasteiger partial charge < -0.3 is 5.32 Å². The van der Waals surface area contributed by atoms with Crippen LogP contribution in [0.2, 0.25) is 0 Å². The molecule has 2 unspecified atom stereocenters. The minimum absolute atomic E-state index is 0.0334. The number of nitrogens with one attached hydrogen (secondary N) is 1. The average Bonchev–Trinajstić information content (AvgIpc) is 2.90. The maximum atomic E-state index is 12.6. The van der Waals surface area contributed by atoms with E-state index in [2.05, 4.69) is 10.4 Å². The van der Waals surface area contributed by atoms with E-state index >= 15 is 0 Å². The number of carbonyl (C=O) groups excluding carboxylic acids is 2. The van der Waals surface area contributed by atoms with Gasteiger partial charge in [0.1, 0.15) is 12.1 Å². The summed E-state index contributed by atoms with van der Waals surface area (Å²) in [5.41, 5.74) is 0.708. The molecule has 0 saturated carbocycles. The molecule has 2 rings (SSSR count). The van der Waals surface area contributed by atoms with Gasteiger partial charge in [-0.2, -0.15) is 5.10 Å². The Labute approximate surface area is 119 Å². The van der Waals surface area contributed by atoms with Crippen molar-refractivity contribution in [3.63, 3.8) is 0 Å². The smallest absolute Gasteiger partial charge is 0.250 e. The van der Waals surface area contributed by atoms with E-state index in [1.54, 1.807) is 15.8 Å². The molecule has 20 heavy (non-hydrogen) atoms. The number of carbonyl (C=O) groups is 2. The first-order chi connectivity index (χ1) is 9.62. The monoisotopic (exact) mass is 278 g/mol. The van der Waals surface area contributed by atoms with E-state index in [0.717, 1.165) is 13.0 Å². The molecule has 0 aliphatic carbocycles. The molecule has 0 spiro atoms. The number of piperazine rings is 1. The summed E-state index contributed by atoms with van der Waals surface area (Å²) in [4.78, 5) is 26.4. The van der Waals surface area contributed by atoms with E-state index < -0.39 is 12.1 Å². The molecule has 2 atom stereocenters. The van der Waals surface area contributed by atoms with Crippen molar-refractivity contribution in [3.8, 4) is 0 Å². The molecule has 1 aliphatic rings. The first-order valence-corrected chi connectivity index (χ1v) is 7.28. The maximum absolute atomic E-state index is 12.6. The molecule has 1 fully saturated rings. The highest BCUT2D eigenvalue weighted by Gasteiger charge is 2.40. The van der Waals surface area contributed by atoms with E-state index in [-0.39, 0.29) is 11.8 Å². The molecule has 0 radical (unpaired) electrons. The summed E-state index contributed by atoms with van der Waals surface area (Å²) in [7, 11) is 0. The third-order valence-electron chi connectivity index (χ3n) is 3.65. The van der Waals surface area contributed by atoms with E-state index in [0.29, 0.717) is 18.5 Å². The molecular weight excluding hydrogens is 256 g/mol. The number of rotatable bonds is 5. The van der Waals surface area contributed by atoms with Crippen LogP contribution in [0.25, 0.3) is 0 Å². The van der Waals surface area contributed by atoms with Crippen molar-refractivity contribution < 1.29 is 9.59 Å². The maximum Gasteiger partial charge on any atom is 0.250 e. The quantitative estimate of drug-likeness (QED) is 0.883. The number of hydrogen-bond donors (Lipinski definition) is 1. The highest BCUT2D eigenvalue weighted by molar-refractivity contribution is 6.08. The van der Waals surface area contributed by atoms with Crippen LogP contribution < -0.4 is 10.2 Å². The molecule has 6 nitrogen and oxygen atoms in total. The first kappa shape index (κ1) is 14.6. The Kier molecular flexibility index (Phi) is 4.42. The van der Waals surface area contributed by atoms with Crippen LogP contribution in [0.5, 0.6) is 0 Å². The van der Waals surface area contributed by atoms with Gasteiger partial charge in [0.15, 0.2) is 0 Å². The lowest BCUT2D eigenvalue weighted by Crippen LogP contribution is -2.63. The van der Waals surface area contributed by atoms with Crippen molar-refractivity contribution in [2.24, 2.45) is 0 Å². The number of hydrogen-bond acceptors (Lipinski definition) is 3. The zero-order valence-electron chi connectivity index (χ0n) is 12.3. The van der Waals surface area contributed by atoms with Crippen LogP contribution >= 0.6 is 0 Å². The van der Waals surface area contributed by atoms with Crippen molar-refractivity contribution in [2.45, 2.75) is 58.7 Å². The lowest BCUT2D eigenvalue weighted by Gasteiger charge is -2.37. The Hall–Kier alpha value is -1.85. The predicted molar refractivity (Wildman–Crippen MR) is 76.3 cm³/mol. The van der Waals surface area contributed by atoms with Crippen molar-refractivity contribution in [3.05, 3.63) is 12.4 Å². The second kappa shape index (κ2) is 6.07. The van der Waals surface area contributed by atoms with Crippen LogP contribution in [-0.2, 0) is 16.1 Å². The van der Waals surface area contributed by atoms with Gasteiger partial charge in [-0.1, -0.05) is 20.3 Å². The third kappa shape index (κ3) is 2.55. The fourth-order valence-electron chi connectivity index (χ4n) is 2.58. The van der Waals surface area contributed by atoms with Gasteiger partial charge in [0, 0.05) is 12.7 Å². The second-order valence-corrected chi connectivity index (χ2v) is 5.04. The molecular formula is C14H22N4O2. The number of aryl methyl sites for hydroxylation is 1. The third-order valence-corrected chi connectivity index (χ3v) is 3.65. The summed E-state index contributed by atoms with van der Waals surface area (Å²) in [6, 6.07) is -0.856. The topological polar surface area (TPSA) is 67.2 Å². The summed E-state index contributed by atoms with van der Waals surface area (Å²) >= 11 is 0. The van der Waals surface area contributed by atoms with Crippen LogP contribution in [-0.4, -0.2) is 33.7 Å². The summed E-state index contributed by atoms with van der Waals surface area (Å²) in [5, 5.41) is 7.03. The van der Waals surface area contributed by atoms with E-state index in [1.165, 1.54) is 0 Å². The highest BCUT2D eigenvalue weighted by Crippen LogP contribution is 2.23. The molecule has 1 aromatic rings. The predicted octanol–water partition coefficient (Wildman–Crippen LogP) is 1.31. The van der Waals surface area contributed by atoms with Gasteiger partial charge in [-0.25, -0.2) is 0 Å². The minimum atomic E-state index is -0.440. The van der Waals surface area contributed by atoms with Crippen LogP contribution in [0, 0.1) is 0 Å². The molecule has 2 heterocycles. The van der Waals surface area contributed by atoms with Crippen molar-refractivity contribution in [2.75, 3.05) is 4.90 Å². The van der Waals surface area contributed by atoms with Gasteiger partial charge in [0.05, 0.1) is 11.9 Å². The number of anilines is 1. The van der Waals surface area contributed by atoms with Gasteiger partial charge in [0.2, 0.25) is 11.8 Å². The molecule has 0 aromatic carbocycles. The van der Waals surface area contributed by atoms with Gasteiger partial charge in [-0.15, -0.1) is 0 Å². The molecule has 1 aliphatic heterocycles. The molecule has 1 N–H and O–H groups in total. The molecule has 1 aromatic heterocycles. The Bertz CT molecular complexity index is 497. The van der Waals surface area contributed by atoms with Crippen LogP contribution in [0.1, 0.15) is 40.0 Å². The van der Waals surface area contributed by atoms with Gasteiger partial charge >= 0.3 is 0 Å². The van der Waals surface area contributed by atoms with Gasteiger partial charge in [-0.05, 0) is 19.8 Å². The van der Waals surface area contributed by atoms with E-state index in [4.69, 9.17) is 0 Å². The zero-order chi connectivity index (χ0) is 14.7. The molecule has 1 saturated heterocycles. The van der Waals surface area contributed by atoms with E-state index in [9.17, 15) is 9.59 Å². The number of nitrogens with zero attached hydrogens (tertiary/aromatic N) is 3. The Morgan fingerprint density at radius 2 is 2.05 bits per heavy atom. The summed E-state index contributed by atoms with van der Waals surface area (Å²) in [5.74, 6) is -0.108. The van der Waals surface area contributed by atoms with Crippen molar-refractivity contribution in [1.29, 1.82) is 0 Å². The summed E-state index contributed by atoms with van der Waals surface area (Å²) < 4.78 is 1.76. The Morgan fingerprint density at radius 3 is 2.60 bits per heavy atom. The van der Waals surface area contributed by atoms with Crippen LogP contribution in [0.3, 0.4) is 0 Å². The normalized spacial score (nSPS) is 23.1. The fourth-order valence-corrected chi connectivity index (χ4v) is 2.58. The fraction of sp³-hybridized carbons (Fsp3) is 0.643. The average molecular weight is 278 g/mol. The lowest BCUT2D eigenvalue weighted by molar-refractivity contribution is -0.134. The zero-order valence-corrected chi connectivity index (χ0v) is 12.3. The summed E-state index contributed by atoms with van der Waals surface area (Å²) in [6.07, 6.45) is 5.59. The van der Waals surface area contributed by atoms with Crippen LogP contribution in [0.4, 0.5) is 5.69 Å². The summed E-state index contributed by atoms with van der Waals surface area (Å²) in [6.45, 7) is 6.64. The largest absolute Gasteiger partial charge is 0.342 e. The Balaban J connectivity index is 2.33. The lowest BCUT2D eigenvalue weighted by atomic mass is 10.0. The van der Waals surface area contributed by atoms with Crippen LogP contribution in [0.15, 0.2) is 12.4 Å². The Morgan fingerprint density at radius 1 is 1.30 bits per heavy atom.